The molecule has 2 aromatic rings. The Labute approximate surface area is 91.3 Å². The van der Waals surface area contributed by atoms with E-state index >= 15 is 0 Å². The molecule has 0 bridgehead atoms. The second-order valence-electron chi connectivity index (χ2n) is 2.93. The molecule has 0 aliphatic heterocycles. The normalized spacial score (nSPS) is 10.5. The molecule has 1 aromatic carbocycles. The van der Waals surface area contributed by atoms with E-state index in [1.54, 1.807) is 0 Å². The molecular weight excluding hydrogens is 273 g/mol. The zero-order valence-corrected chi connectivity index (χ0v) is 9.36. The minimum atomic E-state index is 1.10. The van der Waals surface area contributed by atoms with Gasteiger partial charge in [0, 0.05) is 16.0 Å². The first-order valence-electron chi connectivity index (χ1n) is 4.30. The summed E-state index contributed by atoms with van der Waals surface area (Å²) in [5, 5.41) is 1.29. The summed E-state index contributed by atoms with van der Waals surface area (Å²) >= 11 is 2.40. The zero-order chi connectivity index (χ0) is 9.10. The first-order valence-corrected chi connectivity index (χ1v) is 5.83. The van der Waals surface area contributed by atoms with E-state index in [1.165, 1.54) is 10.9 Å². The third-order valence-electron chi connectivity index (χ3n) is 2.10. The van der Waals surface area contributed by atoms with Crippen LogP contribution in [0.2, 0.25) is 0 Å². The number of pyridine rings is 1. The lowest BCUT2D eigenvalue weighted by molar-refractivity contribution is 1.19. The monoisotopic (exact) mass is 283 g/mol. The molecule has 0 aliphatic carbocycles. The number of alkyl halides is 1. The summed E-state index contributed by atoms with van der Waals surface area (Å²) in [5.41, 5.74) is 2.50. The van der Waals surface area contributed by atoms with Crippen molar-refractivity contribution >= 4 is 33.5 Å². The van der Waals surface area contributed by atoms with Crippen molar-refractivity contribution in [3.8, 4) is 0 Å². The number of halogens is 1. The molecule has 0 amide bonds. The summed E-state index contributed by atoms with van der Waals surface area (Å²) in [6.07, 6.45) is 3.02. The Morgan fingerprint density at radius 2 is 2.00 bits per heavy atom. The Kier molecular flexibility index (Phi) is 2.78. The summed E-state index contributed by atoms with van der Waals surface area (Å²) in [5.74, 6) is 0. The predicted octanol–water partition coefficient (Wildman–Crippen LogP) is 3.21. The zero-order valence-electron chi connectivity index (χ0n) is 7.20. The van der Waals surface area contributed by atoms with Gasteiger partial charge >= 0.3 is 0 Å². The number of aryl methyl sites for hydroxylation is 1. The van der Waals surface area contributed by atoms with E-state index in [0.29, 0.717) is 0 Å². The first-order chi connectivity index (χ1) is 6.42. The van der Waals surface area contributed by atoms with Crippen LogP contribution in [0, 0.1) is 0 Å². The van der Waals surface area contributed by atoms with Gasteiger partial charge < -0.3 is 0 Å². The Morgan fingerprint density at radius 3 is 2.85 bits per heavy atom. The summed E-state index contributed by atoms with van der Waals surface area (Å²) in [6.45, 7) is 0. The highest BCUT2D eigenvalue weighted by molar-refractivity contribution is 14.1. The number of nitrogens with zero attached hydrogens (tertiary/aromatic N) is 1. The van der Waals surface area contributed by atoms with Crippen molar-refractivity contribution in [1.29, 1.82) is 0 Å². The molecule has 1 aromatic heterocycles. The fourth-order valence-corrected chi connectivity index (χ4v) is 2.06. The number of hydrogen-bond donors (Lipinski definition) is 0. The molecule has 0 radical (unpaired) electrons. The number of aromatic nitrogens is 1. The van der Waals surface area contributed by atoms with E-state index in [0.717, 1.165) is 16.4 Å². The number of para-hydroxylation sites is 1. The van der Waals surface area contributed by atoms with Gasteiger partial charge in [0.15, 0.2) is 0 Å². The molecule has 0 saturated carbocycles. The van der Waals surface area contributed by atoms with Crippen LogP contribution in [0.15, 0.2) is 36.5 Å². The number of benzene rings is 1. The van der Waals surface area contributed by atoms with E-state index in [2.05, 4.69) is 51.8 Å². The standard InChI is InChI=1S/C11H10IN/c12-7-5-9-6-8-13-11-4-2-1-3-10(9)11/h1-4,6,8H,5,7H2. The Morgan fingerprint density at radius 1 is 1.15 bits per heavy atom. The Balaban J connectivity index is 2.61. The molecule has 1 nitrogen and oxygen atoms in total. The second-order valence-corrected chi connectivity index (χ2v) is 4.00. The molecule has 1 heterocycles. The van der Waals surface area contributed by atoms with Crippen molar-refractivity contribution in [3.63, 3.8) is 0 Å². The fourth-order valence-electron chi connectivity index (χ4n) is 1.47. The van der Waals surface area contributed by atoms with Crippen molar-refractivity contribution in [2.45, 2.75) is 6.42 Å². The Hall–Kier alpha value is -0.640. The minimum Gasteiger partial charge on any atom is -0.256 e. The quantitative estimate of drug-likeness (QED) is 0.609. The maximum absolute atomic E-state index is 4.32. The SMILES string of the molecule is ICCc1ccnc2ccccc12. The average Bonchev–Trinajstić information content (AvgIpc) is 2.19. The molecule has 0 unspecified atom stereocenters. The van der Waals surface area contributed by atoms with Crippen LogP contribution in [0.5, 0.6) is 0 Å². The predicted molar refractivity (Wildman–Crippen MR) is 64.3 cm³/mol. The van der Waals surface area contributed by atoms with E-state index < -0.39 is 0 Å². The molecule has 66 valence electrons. The maximum atomic E-state index is 4.32. The lowest BCUT2D eigenvalue weighted by Gasteiger charge is -2.02. The highest BCUT2D eigenvalue weighted by atomic mass is 127. The van der Waals surface area contributed by atoms with Gasteiger partial charge in [0.2, 0.25) is 0 Å². The molecule has 0 fully saturated rings. The Bertz CT molecular complexity index is 406. The van der Waals surface area contributed by atoms with Gasteiger partial charge in [-0.15, -0.1) is 0 Å². The van der Waals surface area contributed by atoms with Gasteiger partial charge in [-0.3, -0.25) is 4.98 Å². The van der Waals surface area contributed by atoms with Gasteiger partial charge in [-0.2, -0.15) is 0 Å². The van der Waals surface area contributed by atoms with E-state index in [-0.39, 0.29) is 0 Å². The van der Waals surface area contributed by atoms with Gasteiger partial charge in [0.25, 0.3) is 0 Å². The molecule has 2 heteroatoms. The molecular formula is C11H10IN. The van der Waals surface area contributed by atoms with Gasteiger partial charge in [0.1, 0.15) is 0 Å². The van der Waals surface area contributed by atoms with Crippen molar-refractivity contribution in [2.75, 3.05) is 4.43 Å². The van der Waals surface area contributed by atoms with Crippen LogP contribution in [0.3, 0.4) is 0 Å². The lowest BCUT2D eigenvalue weighted by Crippen LogP contribution is -1.89. The molecule has 0 saturated heterocycles. The van der Waals surface area contributed by atoms with Gasteiger partial charge in [-0.05, 0) is 24.1 Å². The number of rotatable bonds is 2. The largest absolute Gasteiger partial charge is 0.256 e. The van der Waals surface area contributed by atoms with Crippen LogP contribution < -0.4 is 0 Å². The third kappa shape index (κ3) is 1.82. The van der Waals surface area contributed by atoms with Gasteiger partial charge in [0.05, 0.1) is 5.52 Å². The van der Waals surface area contributed by atoms with Crippen LogP contribution in [0.4, 0.5) is 0 Å². The third-order valence-corrected chi connectivity index (χ3v) is 2.64. The van der Waals surface area contributed by atoms with E-state index in [4.69, 9.17) is 0 Å². The van der Waals surface area contributed by atoms with Crippen LogP contribution in [-0.4, -0.2) is 9.41 Å². The van der Waals surface area contributed by atoms with Crippen LogP contribution >= 0.6 is 22.6 Å². The maximum Gasteiger partial charge on any atom is 0.0704 e. The molecule has 13 heavy (non-hydrogen) atoms. The summed E-state index contributed by atoms with van der Waals surface area (Å²) in [6, 6.07) is 10.4. The van der Waals surface area contributed by atoms with E-state index in [1.807, 2.05) is 12.3 Å². The molecule has 0 aliphatic rings. The number of fused-ring (bicyclic) bond motifs is 1. The van der Waals surface area contributed by atoms with Crippen LogP contribution in [0.1, 0.15) is 5.56 Å². The van der Waals surface area contributed by atoms with Crippen molar-refractivity contribution < 1.29 is 0 Å². The van der Waals surface area contributed by atoms with Crippen LogP contribution in [0.25, 0.3) is 10.9 Å². The van der Waals surface area contributed by atoms with Crippen molar-refractivity contribution in [3.05, 3.63) is 42.1 Å². The van der Waals surface area contributed by atoms with Crippen molar-refractivity contribution in [1.82, 2.24) is 4.98 Å². The van der Waals surface area contributed by atoms with Gasteiger partial charge in [-0.25, -0.2) is 0 Å². The van der Waals surface area contributed by atoms with Gasteiger partial charge in [-0.1, -0.05) is 40.8 Å². The summed E-state index contributed by atoms with van der Waals surface area (Å²) in [4.78, 5) is 4.32. The van der Waals surface area contributed by atoms with Crippen LogP contribution in [-0.2, 0) is 6.42 Å². The summed E-state index contributed by atoms with van der Waals surface area (Å²) in [7, 11) is 0. The summed E-state index contributed by atoms with van der Waals surface area (Å²) < 4.78 is 1.16. The van der Waals surface area contributed by atoms with E-state index in [9.17, 15) is 0 Å². The number of hydrogen-bond acceptors (Lipinski definition) is 1. The average molecular weight is 283 g/mol. The minimum absolute atomic E-state index is 1.10. The molecule has 0 N–H and O–H groups in total. The highest BCUT2D eigenvalue weighted by Gasteiger charge is 1.98. The smallest absolute Gasteiger partial charge is 0.0704 e. The fraction of sp³-hybridized carbons (Fsp3) is 0.182. The molecule has 2 rings (SSSR count). The lowest BCUT2D eigenvalue weighted by atomic mass is 10.1. The molecule has 0 spiro atoms. The second kappa shape index (κ2) is 4.05. The molecule has 0 atom stereocenters. The highest BCUT2D eigenvalue weighted by Crippen LogP contribution is 2.16. The first kappa shape index (κ1) is 8.94. The van der Waals surface area contributed by atoms with Crippen molar-refractivity contribution in [2.24, 2.45) is 0 Å². The topological polar surface area (TPSA) is 12.9 Å².